The molecule has 0 fully saturated rings. The van der Waals surface area contributed by atoms with Crippen LogP contribution < -0.4 is 5.32 Å². The number of rotatable bonds is 4. The molecule has 0 unspecified atom stereocenters. The fraction of sp³-hybridized carbons (Fsp3) is 0.222. The number of amides is 1. The van der Waals surface area contributed by atoms with Crippen molar-refractivity contribution in [3.8, 4) is 0 Å². The minimum absolute atomic E-state index is 0.224. The lowest BCUT2D eigenvalue weighted by Gasteiger charge is -2.10. The van der Waals surface area contributed by atoms with E-state index >= 15 is 0 Å². The van der Waals surface area contributed by atoms with Crippen molar-refractivity contribution in [3.63, 3.8) is 0 Å². The Bertz CT molecular complexity index is 918. The van der Waals surface area contributed by atoms with E-state index < -0.39 is 0 Å². The van der Waals surface area contributed by atoms with Crippen LogP contribution in [-0.2, 0) is 6.42 Å². The van der Waals surface area contributed by atoms with Crippen LogP contribution >= 0.6 is 23.2 Å². The number of aryl methyl sites for hydroxylation is 2. The first-order valence-electron chi connectivity index (χ1n) is 7.73. The third-order valence-electron chi connectivity index (χ3n) is 3.80. The molecule has 1 aromatic carbocycles. The van der Waals surface area contributed by atoms with Gasteiger partial charge >= 0.3 is 0 Å². The van der Waals surface area contributed by atoms with Crippen LogP contribution in [0.15, 0.2) is 36.5 Å². The summed E-state index contributed by atoms with van der Waals surface area (Å²) in [4.78, 5) is 17.5. The summed E-state index contributed by atoms with van der Waals surface area (Å²) in [6.45, 7) is 3.98. The van der Waals surface area contributed by atoms with Crippen molar-refractivity contribution in [2.45, 2.75) is 26.7 Å². The normalized spacial score (nSPS) is 11.0. The highest BCUT2D eigenvalue weighted by Crippen LogP contribution is 2.23. The number of anilines is 1. The summed E-state index contributed by atoms with van der Waals surface area (Å²) >= 11 is 12.1. The lowest BCUT2D eigenvalue weighted by molar-refractivity contribution is 0.102. The van der Waals surface area contributed by atoms with Crippen molar-refractivity contribution in [2.24, 2.45) is 0 Å². The van der Waals surface area contributed by atoms with E-state index in [4.69, 9.17) is 23.2 Å². The van der Waals surface area contributed by atoms with E-state index in [-0.39, 0.29) is 5.91 Å². The zero-order valence-electron chi connectivity index (χ0n) is 13.4. The number of carbonyl (C=O) groups is 1. The van der Waals surface area contributed by atoms with Gasteiger partial charge in [0.25, 0.3) is 5.91 Å². The molecule has 0 atom stereocenters. The molecule has 24 heavy (non-hydrogen) atoms. The largest absolute Gasteiger partial charge is 0.320 e. The molecule has 2 aromatic heterocycles. The number of nitrogens with zero attached hydrogens (tertiary/aromatic N) is 2. The molecule has 3 aromatic rings. The van der Waals surface area contributed by atoms with Gasteiger partial charge in [0.2, 0.25) is 0 Å². The summed E-state index contributed by atoms with van der Waals surface area (Å²) in [5, 5.41) is 4.06. The van der Waals surface area contributed by atoms with E-state index in [1.165, 1.54) is 0 Å². The predicted octanol–water partition coefficient (Wildman–Crippen LogP) is 5.15. The standard InChI is InChI=1S/C18H17Cl2N3O/c1-3-4-14-17(23-10-13(20)7-8-16(23)21-14)18(24)22-15-9-12(19)6-5-11(15)2/h5-10H,3-4H2,1-2H3,(H,22,24). The Morgan fingerprint density at radius 2 is 1.96 bits per heavy atom. The summed E-state index contributed by atoms with van der Waals surface area (Å²) < 4.78 is 1.74. The van der Waals surface area contributed by atoms with Crippen LogP contribution in [0.5, 0.6) is 0 Å². The summed E-state index contributed by atoms with van der Waals surface area (Å²) in [7, 11) is 0. The molecule has 0 radical (unpaired) electrons. The summed E-state index contributed by atoms with van der Waals surface area (Å²) in [5.74, 6) is -0.224. The quantitative estimate of drug-likeness (QED) is 0.697. The highest BCUT2D eigenvalue weighted by molar-refractivity contribution is 6.31. The molecule has 1 N–H and O–H groups in total. The van der Waals surface area contributed by atoms with Crippen molar-refractivity contribution in [2.75, 3.05) is 5.32 Å². The topological polar surface area (TPSA) is 46.4 Å². The molecule has 0 aliphatic rings. The van der Waals surface area contributed by atoms with Gasteiger partial charge in [0.15, 0.2) is 0 Å². The van der Waals surface area contributed by atoms with E-state index in [2.05, 4.69) is 17.2 Å². The van der Waals surface area contributed by atoms with E-state index in [1.807, 2.05) is 19.1 Å². The lowest BCUT2D eigenvalue weighted by Crippen LogP contribution is -2.17. The third kappa shape index (κ3) is 3.25. The van der Waals surface area contributed by atoms with Gasteiger partial charge in [-0.15, -0.1) is 0 Å². The van der Waals surface area contributed by atoms with Crippen LogP contribution in [0.4, 0.5) is 5.69 Å². The van der Waals surface area contributed by atoms with Gasteiger partial charge in [-0.25, -0.2) is 4.98 Å². The van der Waals surface area contributed by atoms with Crippen LogP contribution in [0.3, 0.4) is 0 Å². The molecule has 0 bridgehead atoms. The van der Waals surface area contributed by atoms with Gasteiger partial charge in [-0.1, -0.05) is 42.6 Å². The Labute approximate surface area is 150 Å². The van der Waals surface area contributed by atoms with Gasteiger partial charge in [0, 0.05) is 16.9 Å². The SMILES string of the molecule is CCCc1nc2ccc(Cl)cn2c1C(=O)Nc1cc(Cl)ccc1C. The Hall–Kier alpha value is -2.04. The molecule has 3 rings (SSSR count). The van der Waals surface area contributed by atoms with Gasteiger partial charge in [-0.2, -0.15) is 0 Å². The molecular weight excluding hydrogens is 345 g/mol. The molecule has 1 amide bonds. The van der Waals surface area contributed by atoms with Crippen molar-refractivity contribution in [3.05, 3.63) is 63.5 Å². The molecule has 6 heteroatoms. The van der Waals surface area contributed by atoms with E-state index in [0.29, 0.717) is 27.1 Å². The van der Waals surface area contributed by atoms with Crippen LogP contribution in [-0.4, -0.2) is 15.3 Å². The number of nitrogens with one attached hydrogen (secondary N) is 1. The molecular formula is C18H17Cl2N3O. The average molecular weight is 362 g/mol. The van der Waals surface area contributed by atoms with Crippen LogP contribution in [0.2, 0.25) is 10.0 Å². The monoisotopic (exact) mass is 361 g/mol. The highest BCUT2D eigenvalue weighted by Gasteiger charge is 2.19. The second kappa shape index (κ2) is 6.83. The first kappa shape index (κ1) is 16.8. The minimum Gasteiger partial charge on any atom is -0.320 e. The lowest BCUT2D eigenvalue weighted by atomic mass is 10.1. The van der Waals surface area contributed by atoms with Gasteiger partial charge in [-0.05, 0) is 43.2 Å². The maximum Gasteiger partial charge on any atom is 0.274 e. The van der Waals surface area contributed by atoms with Gasteiger partial charge in [0.1, 0.15) is 11.3 Å². The number of carbonyl (C=O) groups excluding carboxylic acids is 1. The van der Waals surface area contributed by atoms with Crippen LogP contribution in [0.1, 0.15) is 35.1 Å². The molecule has 4 nitrogen and oxygen atoms in total. The zero-order valence-corrected chi connectivity index (χ0v) is 14.9. The fourth-order valence-corrected chi connectivity index (χ4v) is 2.96. The van der Waals surface area contributed by atoms with E-state index in [1.54, 1.807) is 28.8 Å². The van der Waals surface area contributed by atoms with Gasteiger partial charge in [0.05, 0.1) is 10.7 Å². The molecule has 0 saturated carbocycles. The second-order valence-electron chi connectivity index (χ2n) is 5.65. The third-order valence-corrected chi connectivity index (χ3v) is 4.26. The number of hydrogen-bond donors (Lipinski definition) is 1. The van der Waals surface area contributed by atoms with Gasteiger partial charge in [-0.3, -0.25) is 9.20 Å². The first-order chi connectivity index (χ1) is 11.5. The molecule has 2 heterocycles. The number of pyridine rings is 1. The number of aromatic nitrogens is 2. The van der Waals surface area contributed by atoms with Crippen molar-refractivity contribution in [1.29, 1.82) is 0 Å². The number of imidazole rings is 1. The van der Waals surface area contributed by atoms with E-state index in [0.717, 1.165) is 24.1 Å². The van der Waals surface area contributed by atoms with Crippen LogP contribution in [0, 0.1) is 6.92 Å². The Morgan fingerprint density at radius 1 is 1.21 bits per heavy atom. The Morgan fingerprint density at radius 3 is 2.71 bits per heavy atom. The molecule has 0 saturated heterocycles. The van der Waals surface area contributed by atoms with Crippen molar-refractivity contribution in [1.82, 2.24) is 9.38 Å². The summed E-state index contributed by atoms with van der Waals surface area (Å²) in [5.41, 5.74) is 3.60. The molecule has 124 valence electrons. The Kier molecular flexibility index (Phi) is 4.78. The molecule has 0 aliphatic heterocycles. The predicted molar refractivity (Wildman–Crippen MR) is 98.3 cm³/mol. The first-order valence-corrected chi connectivity index (χ1v) is 8.49. The smallest absolute Gasteiger partial charge is 0.274 e. The minimum atomic E-state index is -0.224. The van der Waals surface area contributed by atoms with E-state index in [9.17, 15) is 4.79 Å². The summed E-state index contributed by atoms with van der Waals surface area (Å²) in [6, 6.07) is 8.98. The highest BCUT2D eigenvalue weighted by atomic mass is 35.5. The summed E-state index contributed by atoms with van der Waals surface area (Å²) in [6.07, 6.45) is 3.33. The van der Waals surface area contributed by atoms with Crippen molar-refractivity contribution >= 4 is 40.4 Å². The number of halogens is 2. The van der Waals surface area contributed by atoms with Crippen LogP contribution in [0.25, 0.3) is 5.65 Å². The molecule has 0 spiro atoms. The fourth-order valence-electron chi connectivity index (χ4n) is 2.63. The van der Waals surface area contributed by atoms with Gasteiger partial charge < -0.3 is 5.32 Å². The zero-order chi connectivity index (χ0) is 17.3. The molecule has 0 aliphatic carbocycles. The van der Waals surface area contributed by atoms with Crippen molar-refractivity contribution < 1.29 is 4.79 Å². The average Bonchev–Trinajstić information content (AvgIpc) is 2.88. The maximum absolute atomic E-state index is 12.9. The second-order valence-corrected chi connectivity index (χ2v) is 6.52. The maximum atomic E-state index is 12.9. The Balaban J connectivity index is 2.06. The number of benzene rings is 1. The number of hydrogen-bond acceptors (Lipinski definition) is 2. The number of fused-ring (bicyclic) bond motifs is 1.